The fourth-order valence-corrected chi connectivity index (χ4v) is 2.28. The molecular formula is C13H14N4OS. The molecule has 0 bridgehead atoms. The largest absolute Gasteiger partial charge is 0.383 e. The van der Waals surface area contributed by atoms with Crippen LogP contribution in [-0.2, 0) is 6.42 Å². The summed E-state index contributed by atoms with van der Waals surface area (Å²) in [6.45, 7) is 2.43. The van der Waals surface area contributed by atoms with Crippen molar-refractivity contribution >= 4 is 17.4 Å². The number of hydrogen-bond donors (Lipinski definition) is 1. The van der Waals surface area contributed by atoms with Gasteiger partial charge in [-0.2, -0.15) is 10.2 Å². The van der Waals surface area contributed by atoms with E-state index < -0.39 is 0 Å². The van der Waals surface area contributed by atoms with Crippen molar-refractivity contribution in [2.75, 3.05) is 18.1 Å². The van der Waals surface area contributed by atoms with E-state index in [0.29, 0.717) is 30.2 Å². The smallest absolute Gasteiger partial charge is 0.228 e. The van der Waals surface area contributed by atoms with Gasteiger partial charge in [0.05, 0.1) is 11.3 Å². The number of aryl methyl sites for hydroxylation is 1. The second kappa shape index (κ2) is 6.25. The standard InChI is InChI=1S/C13H14N4OS/c1-9-16-13(18-17-9)6-7-15-11-4-3-5-12(19-2)10(11)8-14/h3-5,15H,6-7H2,1-2H3. The van der Waals surface area contributed by atoms with E-state index in [4.69, 9.17) is 4.52 Å². The van der Waals surface area contributed by atoms with E-state index >= 15 is 0 Å². The zero-order valence-corrected chi connectivity index (χ0v) is 11.6. The Morgan fingerprint density at radius 1 is 1.47 bits per heavy atom. The lowest BCUT2D eigenvalue weighted by Crippen LogP contribution is -2.06. The summed E-state index contributed by atoms with van der Waals surface area (Å²) in [5.74, 6) is 1.24. The van der Waals surface area contributed by atoms with Crippen LogP contribution in [0.3, 0.4) is 0 Å². The summed E-state index contributed by atoms with van der Waals surface area (Å²) < 4.78 is 5.03. The van der Waals surface area contributed by atoms with Gasteiger partial charge < -0.3 is 9.84 Å². The lowest BCUT2D eigenvalue weighted by atomic mass is 10.2. The Hall–Kier alpha value is -2.00. The number of aromatic nitrogens is 2. The van der Waals surface area contributed by atoms with Crippen molar-refractivity contribution in [3.63, 3.8) is 0 Å². The van der Waals surface area contributed by atoms with E-state index in [2.05, 4.69) is 21.5 Å². The highest BCUT2D eigenvalue weighted by Crippen LogP contribution is 2.26. The molecule has 98 valence electrons. The molecule has 0 atom stereocenters. The Balaban J connectivity index is 2.02. The quantitative estimate of drug-likeness (QED) is 0.845. The molecule has 0 aliphatic rings. The Bertz CT molecular complexity index is 603. The first-order chi connectivity index (χ1) is 9.24. The molecule has 0 aliphatic heterocycles. The molecule has 2 aromatic rings. The number of anilines is 1. The van der Waals surface area contributed by atoms with Crippen LogP contribution in [0.4, 0.5) is 5.69 Å². The molecule has 1 N–H and O–H groups in total. The molecule has 0 aliphatic carbocycles. The molecular weight excluding hydrogens is 260 g/mol. The lowest BCUT2D eigenvalue weighted by Gasteiger charge is -2.09. The first-order valence-electron chi connectivity index (χ1n) is 5.84. The van der Waals surface area contributed by atoms with Gasteiger partial charge in [-0.25, -0.2) is 0 Å². The topological polar surface area (TPSA) is 74.7 Å². The van der Waals surface area contributed by atoms with Crippen molar-refractivity contribution in [2.24, 2.45) is 0 Å². The normalized spacial score (nSPS) is 10.2. The highest BCUT2D eigenvalue weighted by molar-refractivity contribution is 7.98. The van der Waals surface area contributed by atoms with E-state index in [9.17, 15) is 5.26 Å². The fourth-order valence-electron chi connectivity index (χ4n) is 1.71. The molecule has 5 nitrogen and oxygen atoms in total. The monoisotopic (exact) mass is 274 g/mol. The summed E-state index contributed by atoms with van der Waals surface area (Å²) in [5.41, 5.74) is 1.52. The summed E-state index contributed by atoms with van der Waals surface area (Å²) in [4.78, 5) is 5.10. The highest BCUT2D eigenvalue weighted by Gasteiger charge is 2.07. The Morgan fingerprint density at radius 2 is 2.32 bits per heavy atom. The van der Waals surface area contributed by atoms with Crippen molar-refractivity contribution in [1.29, 1.82) is 5.26 Å². The third-order valence-electron chi connectivity index (χ3n) is 2.58. The van der Waals surface area contributed by atoms with Crippen molar-refractivity contribution in [3.8, 4) is 6.07 Å². The Labute approximate surface area is 116 Å². The average molecular weight is 274 g/mol. The highest BCUT2D eigenvalue weighted by atomic mass is 32.2. The summed E-state index contributed by atoms with van der Waals surface area (Å²) in [6, 6.07) is 8.01. The molecule has 1 aromatic heterocycles. The van der Waals surface area contributed by atoms with Gasteiger partial charge in [-0.3, -0.25) is 0 Å². The molecule has 0 saturated heterocycles. The van der Waals surface area contributed by atoms with Crippen LogP contribution in [0.25, 0.3) is 0 Å². The van der Waals surface area contributed by atoms with Crippen molar-refractivity contribution in [3.05, 3.63) is 35.5 Å². The number of benzene rings is 1. The van der Waals surface area contributed by atoms with Crippen LogP contribution in [0.15, 0.2) is 27.6 Å². The number of nitriles is 1. The molecule has 2 rings (SSSR count). The first-order valence-corrected chi connectivity index (χ1v) is 7.07. The predicted octanol–water partition coefficient (Wildman–Crippen LogP) is 2.63. The zero-order chi connectivity index (χ0) is 13.7. The molecule has 1 heterocycles. The van der Waals surface area contributed by atoms with E-state index in [-0.39, 0.29) is 0 Å². The van der Waals surface area contributed by atoms with E-state index in [1.54, 1.807) is 18.7 Å². The van der Waals surface area contributed by atoms with Gasteiger partial charge >= 0.3 is 0 Å². The van der Waals surface area contributed by atoms with Crippen molar-refractivity contribution in [1.82, 2.24) is 10.1 Å². The fraction of sp³-hybridized carbons (Fsp3) is 0.308. The van der Waals surface area contributed by atoms with Crippen molar-refractivity contribution in [2.45, 2.75) is 18.2 Å². The number of nitrogens with zero attached hydrogens (tertiary/aromatic N) is 3. The second-order valence-corrected chi connectivity index (χ2v) is 4.75. The number of thioether (sulfide) groups is 1. The van der Waals surface area contributed by atoms with Gasteiger partial charge in [-0.15, -0.1) is 11.8 Å². The van der Waals surface area contributed by atoms with Crippen LogP contribution in [0.5, 0.6) is 0 Å². The number of rotatable bonds is 5. The van der Waals surface area contributed by atoms with Crippen molar-refractivity contribution < 1.29 is 4.52 Å². The number of nitrogens with one attached hydrogen (secondary N) is 1. The van der Waals surface area contributed by atoms with Crippen LogP contribution in [0.1, 0.15) is 17.3 Å². The van der Waals surface area contributed by atoms with Gasteiger partial charge in [-0.05, 0) is 25.3 Å². The molecule has 0 amide bonds. The Morgan fingerprint density at radius 3 is 2.95 bits per heavy atom. The van der Waals surface area contributed by atoms with Gasteiger partial charge in [-0.1, -0.05) is 11.2 Å². The van der Waals surface area contributed by atoms with Gasteiger partial charge in [0.1, 0.15) is 6.07 Å². The summed E-state index contributed by atoms with van der Waals surface area (Å²) in [5, 5.41) is 16.2. The SMILES string of the molecule is CSc1cccc(NCCc2nc(C)no2)c1C#N. The first kappa shape index (κ1) is 13.4. The molecule has 0 unspecified atom stereocenters. The van der Waals surface area contributed by atoms with Crippen LogP contribution in [-0.4, -0.2) is 22.9 Å². The van der Waals surface area contributed by atoms with E-state index in [1.807, 2.05) is 24.5 Å². The predicted molar refractivity (Wildman–Crippen MR) is 74.2 cm³/mol. The zero-order valence-electron chi connectivity index (χ0n) is 10.8. The molecule has 0 saturated carbocycles. The maximum atomic E-state index is 9.21. The van der Waals surface area contributed by atoms with Gasteiger partial charge in [0.25, 0.3) is 0 Å². The average Bonchev–Trinajstić information content (AvgIpc) is 2.84. The second-order valence-electron chi connectivity index (χ2n) is 3.91. The maximum absolute atomic E-state index is 9.21. The summed E-state index contributed by atoms with van der Waals surface area (Å²) in [6.07, 6.45) is 2.59. The van der Waals surface area contributed by atoms with E-state index in [0.717, 1.165) is 10.6 Å². The van der Waals surface area contributed by atoms with Gasteiger partial charge in [0, 0.05) is 17.9 Å². The molecule has 19 heavy (non-hydrogen) atoms. The molecule has 0 radical (unpaired) electrons. The van der Waals surface area contributed by atoms with E-state index in [1.165, 1.54) is 0 Å². The lowest BCUT2D eigenvalue weighted by molar-refractivity contribution is 0.377. The van der Waals surface area contributed by atoms with Crippen LogP contribution < -0.4 is 5.32 Å². The third-order valence-corrected chi connectivity index (χ3v) is 3.36. The molecule has 1 aromatic carbocycles. The number of hydrogen-bond acceptors (Lipinski definition) is 6. The minimum Gasteiger partial charge on any atom is -0.383 e. The summed E-state index contributed by atoms with van der Waals surface area (Å²) in [7, 11) is 0. The third kappa shape index (κ3) is 3.26. The van der Waals surface area contributed by atoms with Crippen LogP contribution >= 0.6 is 11.8 Å². The summed E-state index contributed by atoms with van der Waals surface area (Å²) >= 11 is 1.56. The van der Waals surface area contributed by atoms with Crippen LogP contribution in [0, 0.1) is 18.3 Å². The van der Waals surface area contributed by atoms with Gasteiger partial charge in [0.2, 0.25) is 5.89 Å². The molecule has 0 fully saturated rings. The van der Waals surface area contributed by atoms with Crippen LogP contribution in [0.2, 0.25) is 0 Å². The van der Waals surface area contributed by atoms with Gasteiger partial charge in [0.15, 0.2) is 5.82 Å². The molecule has 0 spiro atoms. The Kier molecular flexibility index (Phi) is 4.42. The molecule has 6 heteroatoms. The maximum Gasteiger partial charge on any atom is 0.228 e. The minimum atomic E-state index is 0.601. The minimum absolute atomic E-state index is 0.601.